The van der Waals surface area contributed by atoms with Crippen LogP contribution in [0.5, 0.6) is 0 Å². The van der Waals surface area contributed by atoms with E-state index in [2.05, 4.69) is 39.8 Å². The van der Waals surface area contributed by atoms with Crippen molar-refractivity contribution in [1.29, 1.82) is 0 Å². The molecule has 1 fully saturated rings. The SMILES string of the molecule is CCNC(=NCc1csc(N(C)C)n1)NC1CCC(C)CC1.I. The molecule has 1 saturated carbocycles. The molecule has 0 amide bonds. The Balaban J connectivity index is 0.00000264. The summed E-state index contributed by atoms with van der Waals surface area (Å²) in [5.41, 5.74) is 1.03. The van der Waals surface area contributed by atoms with Gasteiger partial charge in [0.25, 0.3) is 0 Å². The second-order valence-corrected chi connectivity index (χ2v) is 7.15. The van der Waals surface area contributed by atoms with Gasteiger partial charge in [-0.25, -0.2) is 9.98 Å². The molecule has 0 saturated heterocycles. The van der Waals surface area contributed by atoms with Gasteiger partial charge in [-0.3, -0.25) is 0 Å². The lowest BCUT2D eigenvalue weighted by molar-refractivity contribution is 0.329. The number of hydrogen-bond donors (Lipinski definition) is 2. The molecule has 0 radical (unpaired) electrons. The fourth-order valence-electron chi connectivity index (χ4n) is 2.65. The van der Waals surface area contributed by atoms with Crippen LogP contribution >= 0.6 is 35.3 Å². The molecule has 0 spiro atoms. The van der Waals surface area contributed by atoms with Crippen LogP contribution in [0.25, 0.3) is 0 Å². The van der Waals surface area contributed by atoms with Crippen LogP contribution < -0.4 is 15.5 Å². The molecule has 23 heavy (non-hydrogen) atoms. The van der Waals surface area contributed by atoms with E-state index >= 15 is 0 Å². The van der Waals surface area contributed by atoms with Crippen LogP contribution in [-0.2, 0) is 6.54 Å². The Labute approximate surface area is 161 Å². The summed E-state index contributed by atoms with van der Waals surface area (Å²) < 4.78 is 0. The molecule has 0 atom stereocenters. The number of anilines is 1. The van der Waals surface area contributed by atoms with Crippen LogP contribution in [0.15, 0.2) is 10.4 Å². The second kappa shape index (κ2) is 10.3. The number of nitrogens with zero attached hydrogens (tertiary/aromatic N) is 3. The summed E-state index contributed by atoms with van der Waals surface area (Å²) in [4.78, 5) is 11.3. The van der Waals surface area contributed by atoms with Crippen molar-refractivity contribution in [2.45, 2.75) is 52.1 Å². The number of aromatic nitrogens is 1. The summed E-state index contributed by atoms with van der Waals surface area (Å²) in [5.74, 6) is 1.79. The van der Waals surface area contributed by atoms with E-state index in [-0.39, 0.29) is 24.0 Å². The van der Waals surface area contributed by atoms with Gasteiger partial charge in [0.05, 0.1) is 12.2 Å². The number of nitrogens with one attached hydrogen (secondary N) is 2. The van der Waals surface area contributed by atoms with Gasteiger partial charge in [0.1, 0.15) is 0 Å². The summed E-state index contributed by atoms with van der Waals surface area (Å²) >= 11 is 1.66. The van der Waals surface area contributed by atoms with Crippen LogP contribution in [0.3, 0.4) is 0 Å². The van der Waals surface area contributed by atoms with E-state index in [1.54, 1.807) is 11.3 Å². The highest BCUT2D eigenvalue weighted by Gasteiger charge is 2.18. The molecule has 2 N–H and O–H groups in total. The van der Waals surface area contributed by atoms with Gasteiger partial charge < -0.3 is 15.5 Å². The van der Waals surface area contributed by atoms with Crippen molar-refractivity contribution in [3.63, 3.8) is 0 Å². The van der Waals surface area contributed by atoms with Crippen LogP contribution in [0, 0.1) is 5.92 Å². The molecule has 1 heterocycles. The number of halogens is 1. The molecule has 0 unspecified atom stereocenters. The monoisotopic (exact) mass is 451 g/mol. The zero-order chi connectivity index (χ0) is 15.9. The van der Waals surface area contributed by atoms with E-state index in [4.69, 9.17) is 0 Å². The summed E-state index contributed by atoms with van der Waals surface area (Å²) in [6.45, 7) is 5.96. The van der Waals surface area contributed by atoms with Gasteiger partial charge in [-0.1, -0.05) is 6.92 Å². The molecule has 7 heteroatoms. The first-order valence-corrected chi connectivity index (χ1v) is 9.13. The molecule has 1 aromatic heterocycles. The van der Waals surface area contributed by atoms with Gasteiger partial charge in [-0.15, -0.1) is 35.3 Å². The minimum absolute atomic E-state index is 0. The van der Waals surface area contributed by atoms with Crippen molar-refractivity contribution in [2.75, 3.05) is 25.5 Å². The summed E-state index contributed by atoms with van der Waals surface area (Å²) in [6.07, 6.45) is 5.12. The van der Waals surface area contributed by atoms with Crippen molar-refractivity contribution in [3.05, 3.63) is 11.1 Å². The lowest BCUT2D eigenvalue weighted by Crippen LogP contribution is -2.44. The highest BCUT2D eigenvalue weighted by molar-refractivity contribution is 14.0. The molecule has 1 aliphatic rings. The molecule has 0 aliphatic heterocycles. The Hall–Kier alpha value is -0.570. The number of rotatable bonds is 5. The van der Waals surface area contributed by atoms with E-state index in [1.165, 1.54) is 25.7 Å². The van der Waals surface area contributed by atoms with Gasteiger partial charge >= 0.3 is 0 Å². The maximum absolute atomic E-state index is 4.69. The Morgan fingerprint density at radius 2 is 2.04 bits per heavy atom. The van der Waals surface area contributed by atoms with E-state index in [0.717, 1.165) is 29.2 Å². The standard InChI is InChI=1S/C16H29N5S.HI/c1-5-17-15(19-13-8-6-12(2)7-9-13)18-10-14-11-22-16(20-14)21(3)4;/h11-13H,5-10H2,1-4H3,(H2,17,18,19);1H. The summed E-state index contributed by atoms with van der Waals surface area (Å²) in [7, 11) is 4.03. The smallest absolute Gasteiger partial charge is 0.191 e. The first-order valence-electron chi connectivity index (χ1n) is 8.25. The largest absolute Gasteiger partial charge is 0.357 e. The third-order valence-corrected chi connectivity index (χ3v) is 5.08. The number of aliphatic imine (C=N–C) groups is 1. The minimum Gasteiger partial charge on any atom is -0.357 e. The third-order valence-electron chi connectivity index (χ3n) is 4.02. The third kappa shape index (κ3) is 6.82. The molecule has 0 aromatic carbocycles. The average Bonchev–Trinajstić information content (AvgIpc) is 2.96. The predicted octanol–water partition coefficient (Wildman–Crippen LogP) is 3.46. The zero-order valence-corrected chi connectivity index (χ0v) is 17.8. The fourth-order valence-corrected chi connectivity index (χ4v) is 3.40. The summed E-state index contributed by atoms with van der Waals surface area (Å²) in [5, 5.41) is 10.0. The molecular weight excluding hydrogens is 421 g/mol. The fraction of sp³-hybridized carbons (Fsp3) is 0.750. The van der Waals surface area contributed by atoms with Crippen molar-refractivity contribution >= 4 is 46.4 Å². The van der Waals surface area contributed by atoms with Crippen LogP contribution in [0.4, 0.5) is 5.13 Å². The topological polar surface area (TPSA) is 52.6 Å². The van der Waals surface area contributed by atoms with E-state index in [9.17, 15) is 0 Å². The lowest BCUT2D eigenvalue weighted by Gasteiger charge is -2.28. The molecule has 132 valence electrons. The Morgan fingerprint density at radius 1 is 1.35 bits per heavy atom. The molecule has 1 aliphatic carbocycles. The normalized spacial score (nSPS) is 21.5. The molecule has 1 aromatic rings. The van der Waals surface area contributed by atoms with E-state index < -0.39 is 0 Å². The summed E-state index contributed by atoms with van der Waals surface area (Å²) in [6, 6.07) is 0.557. The Morgan fingerprint density at radius 3 is 2.61 bits per heavy atom. The number of thiazole rings is 1. The van der Waals surface area contributed by atoms with Crippen LogP contribution in [0.1, 0.15) is 45.2 Å². The van der Waals surface area contributed by atoms with Gasteiger partial charge in [0, 0.05) is 32.1 Å². The second-order valence-electron chi connectivity index (χ2n) is 6.31. The molecular formula is C16H30IN5S. The van der Waals surface area contributed by atoms with E-state index in [0.29, 0.717) is 12.6 Å². The van der Waals surface area contributed by atoms with E-state index in [1.807, 2.05) is 19.0 Å². The van der Waals surface area contributed by atoms with Crippen molar-refractivity contribution < 1.29 is 0 Å². The first-order chi connectivity index (χ1) is 10.6. The molecule has 2 rings (SSSR count). The Bertz CT molecular complexity index is 481. The van der Waals surface area contributed by atoms with Crippen LogP contribution in [0.2, 0.25) is 0 Å². The van der Waals surface area contributed by atoms with Gasteiger partial charge in [0.2, 0.25) is 0 Å². The van der Waals surface area contributed by atoms with Gasteiger partial charge in [0.15, 0.2) is 11.1 Å². The van der Waals surface area contributed by atoms with Gasteiger partial charge in [-0.05, 0) is 38.5 Å². The average molecular weight is 451 g/mol. The maximum Gasteiger partial charge on any atom is 0.191 e. The van der Waals surface area contributed by atoms with Crippen molar-refractivity contribution in [2.24, 2.45) is 10.9 Å². The highest BCUT2D eigenvalue weighted by atomic mass is 127. The maximum atomic E-state index is 4.69. The lowest BCUT2D eigenvalue weighted by atomic mass is 9.87. The molecule has 0 bridgehead atoms. The minimum atomic E-state index is 0. The van der Waals surface area contributed by atoms with Gasteiger partial charge in [-0.2, -0.15) is 0 Å². The zero-order valence-electron chi connectivity index (χ0n) is 14.6. The quantitative estimate of drug-likeness (QED) is 0.409. The Kier molecular flexibility index (Phi) is 9.19. The first kappa shape index (κ1) is 20.5. The predicted molar refractivity (Wildman–Crippen MR) is 111 cm³/mol. The number of guanidine groups is 1. The van der Waals surface area contributed by atoms with Crippen LogP contribution in [-0.4, -0.2) is 37.6 Å². The molecule has 5 nitrogen and oxygen atoms in total. The number of hydrogen-bond acceptors (Lipinski definition) is 4. The van der Waals surface area contributed by atoms with Crippen molar-refractivity contribution in [3.8, 4) is 0 Å². The highest BCUT2D eigenvalue weighted by Crippen LogP contribution is 2.23. The van der Waals surface area contributed by atoms with Crippen molar-refractivity contribution in [1.82, 2.24) is 15.6 Å².